The van der Waals surface area contributed by atoms with Crippen molar-refractivity contribution in [1.82, 2.24) is 15.2 Å². The quantitative estimate of drug-likeness (QED) is 0.870. The van der Waals surface area contributed by atoms with E-state index < -0.39 is 11.6 Å². The minimum absolute atomic E-state index is 0.204. The van der Waals surface area contributed by atoms with E-state index >= 15 is 0 Å². The van der Waals surface area contributed by atoms with Crippen LogP contribution in [0.15, 0.2) is 24.3 Å². The van der Waals surface area contributed by atoms with Crippen LogP contribution in [0.4, 0.5) is 4.79 Å². The molecular formula is C17H16N4O2S. The molecule has 1 fully saturated rings. The summed E-state index contributed by atoms with van der Waals surface area (Å²) in [7, 11) is 0. The molecule has 0 radical (unpaired) electrons. The molecule has 1 aliphatic heterocycles. The Morgan fingerprint density at radius 2 is 2.12 bits per heavy atom. The number of hydrogen-bond acceptors (Lipinski definition) is 5. The number of carbonyl (C=O) groups excluding carboxylic acids is 2. The smallest absolute Gasteiger partial charge is 0.319 e. The Morgan fingerprint density at radius 1 is 1.38 bits per heavy atom. The topological polar surface area (TPSA) is 86.1 Å². The summed E-state index contributed by atoms with van der Waals surface area (Å²) in [6.07, 6.45) is 0. The number of imide groups is 1. The van der Waals surface area contributed by atoms with E-state index in [1.54, 1.807) is 31.2 Å². The lowest BCUT2D eigenvalue weighted by Crippen LogP contribution is -2.40. The van der Waals surface area contributed by atoms with E-state index in [4.69, 9.17) is 5.26 Å². The molecule has 1 aromatic heterocycles. The molecule has 0 bridgehead atoms. The van der Waals surface area contributed by atoms with Gasteiger partial charge in [-0.15, -0.1) is 11.3 Å². The maximum absolute atomic E-state index is 12.9. The molecule has 1 N–H and O–H groups in total. The highest BCUT2D eigenvalue weighted by atomic mass is 32.1. The summed E-state index contributed by atoms with van der Waals surface area (Å²) in [4.78, 5) is 31.7. The van der Waals surface area contributed by atoms with Gasteiger partial charge in [0.05, 0.1) is 28.9 Å². The average Bonchev–Trinajstić information content (AvgIpc) is 2.99. The van der Waals surface area contributed by atoms with Crippen LogP contribution in [0.25, 0.3) is 0 Å². The van der Waals surface area contributed by atoms with E-state index in [1.807, 2.05) is 13.8 Å². The van der Waals surface area contributed by atoms with E-state index in [2.05, 4.69) is 16.4 Å². The standard InChI is InChI=1S/C17H16N4O2S/c1-10-14(24-11(2)19-10)9-21-15(22)17(3,20-16(21)23)13-6-4-5-12(7-13)8-18/h4-7H,9H2,1-3H3,(H,20,23)/t17-/m1/s1. The summed E-state index contributed by atoms with van der Waals surface area (Å²) < 4.78 is 0. The number of nitrogens with one attached hydrogen (secondary N) is 1. The van der Waals surface area contributed by atoms with Gasteiger partial charge in [0.2, 0.25) is 0 Å². The van der Waals surface area contributed by atoms with E-state index in [-0.39, 0.29) is 12.5 Å². The number of thiazole rings is 1. The maximum Gasteiger partial charge on any atom is 0.325 e. The van der Waals surface area contributed by atoms with Gasteiger partial charge in [-0.25, -0.2) is 9.78 Å². The van der Waals surface area contributed by atoms with Crippen LogP contribution in [0.1, 0.15) is 33.6 Å². The van der Waals surface area contributed by atoms with Crippen LogP contribution >= 0.6 is 11.3 Å². The normalized spacial score (nSPS) is 20.2. The molecule has 122 valence electrons. The van der Waals surface area contributed by atoms with E-state index in [0.717, 1.165) is 15.6 Å². The summed E-state index contributed by atoms with van der Waals surface area (Å²) in [5.41, 5.74) is 0.707. The first-order valence-corrected chi connectivity index (χ1v) is 8.24. The highest BCUT2D eigenvalue weighted by Gasteiger charge is 2.49. The molecule has 0 spiro atoms. The van der Waals surface area contributed by atoms with Gasteiger partial charge in [-0.2, -0.15) is 5.26 Å². The van der Waals surface area contributed by atoms with Crippen molar-refractivity contribution in [2.75, 3.05) is 0 Å². The minimum atomic E-state index is -1.17. The lowest BCUT2D eigenvalue weighted by atomic mass is 9.91. The van der Waals surface area contributed by atoms with Gasteiger partial charge in [0.1, 0.15) is 5.54 Å². The van der Waals surface area contributed by atoms with E-state index in [0.29, 0.717) is 11.1 Å². The monoisotopic (exact) mass is 340 g/mol. The molecule has 0 aliphatic carbocycles. The van der Waals surface area contributed by atoms with E-state index in [9.17, 15) is 9.59 Å². The second kappa shape index (κ2) is 5.73. The van der Waals surface area contributed by atoms with Gasteiger partial charge in [-0.3, -0.25) is 9.69 Å². The van der Waals surface area contributed by atoms with Gasteiger partial charge >= 0.3 is 6.03 Å². The summed E-state index contributed by atoms with van der Waals surface area (Å²) in [6, 6.07) is 8.35. The van der Waals surface area contributed by atoms with E-state index in [1.165, 1.54) is 16.2 Å². The van der Waals surface area contributed by atoms with Crippen molar-refractivity contribution in [2.24, 2.45) is 0 Å². The molecule has 2 heterocycles. The first-order chi connectivity index (χ1) is 11.3. The number of benzene rings is 1. The minimum Gasteiger partial charge on any atom is -0.319 e. The molecule has 2 aromatic rings. The van der Waals surface area contributed by atoms with Crippen LogP contribution in [0, 0.1) is 25.2 Å². The molecule has 1 atom stereocenters. The van der Waals surface area contributed by atoms with Gasteiger partial charge < -0.3 is 5.32 Å². The van der Waals surface area contributed by atoms with Gasteiger partial charge in [-0.05, 0) is 38.5 Å². The van der Waals surface area contributed by atoms with Crippen molar-refractivity contribution in [2.45, 2.75) is 32.9 Å². The Hall–Kier alpha value is -2.72. The number of hydrogen-bond donors (Lipinski definition) is 1. The number of rotatable bonds is 3. The lowest BCUT2D eigenvalue weighted by molar-refractivity contribution is -0.131. The zero-order chi connectivity index (χ0) is 17.5. The van der Waals surface area contributed by atoms with Crippen molar-refractivity contribution in [3.8, 4) is 6.07 Å². The molecule has 1 aliphatic rings. The summed E-state index contributed by atoms with van der Waals surface area (Å²) in [5.74, 6) is -0.326. The highest BCUT2D eigenvalue weighted by Crippen LogP contribution is 2.31. The van der Waals surface area contributed by atoms with Crippen LogP contribution in [-0.4, -0.2) is 21.8 Å². The zero-order valence-electron chi connectivity index (χ0n) is 13.6. The van der Waals surface area contributed by atoms with Crippen molar-refractivity contribution in [1.29, 1.82) is 5.26 Å². The van der Waals surface area contributed by atoms with Gasteiger partial charge in [-0.1, -0.05) is 12.1 Å². The van der Waals surface area contributed by atoms with Crippen molar-refractivity contribution < 1.29 is 9.59 Å². The lowest BCUT2D eigenvalue weighted by Gasteiger charge is -2.22. The van der Waals surface area contributed by atoms with Crippen molar-refractivity contribution in [3.05, 3.63) is 51.0 Å². The Morgan fingerprint density at radius 3 is 2.75 bits per heavy atom. The molecule has 6 nitrogen and oxygen atoms in total. The number of urea groups is 1. The Labute approximate surface area is 143 Å². The van der Waals surface area contributed by atoms with Gasteiger partial charge in [0.15, 0.2) is 0 Å². The Bertz CT molecular complexity index is 883. The fourth-order valence-corrected chi connectivity index (χ4v) is 3.73. The van der Waals surface area contributed by atoms with Crippen LogP contribution in [0.5, 0.6) is 0 Å². The first kappa shape index (κ1) is 16.1. The van der Waals surface area contributed by atoms with Gasteiger partial charge in [0.25, 0.3) is 5.91 Å². The SMILES string of the molecule is Cc1nc(C)c(CN2C(=O)N[C@](C)(c3cccc(C#N)c3)C2=O)s1. The summed E-state index contributed by atoms with van der Waals surface area (Å²) in [5, 5.41) is 12.7. The van der Waals surface area contributed by atoms with Crippen LogP contribution in [0.3, 0.4) is 0 Å². The summed E-state index contributed by atoms with van der Waals surface area (Å²) >= 11 is 1.48. The second-order valence-electron chi connectivity index (χ2n) is 5.88. The third-order valence-corrected chi connectivity index (χ3v) is 5.20. The Kier molecular flexibility index (Phi) is 3.85. The fourth-order valence-electron chi connectivity index (χ4n) is 2.80. The number of aryl methyl sites for hydroxylation is 2. The average molecular weight is 340 g/mol. The zero-order valence-corrected chi connectivity index (χ0v) is 14.4. The predicted octanol–water partition coefficient (Wildman–Crippen LogP) is 2.60. The summed E-state index contributed by atoms with van der Waals surface area (Å²) in [6.45, 7) is 5.63. The molecule has 24 heavy (non-hydrogen) atoms. The van der Waals surface area contributed by atoms with Gasteiger partial charge in [0, 0.05) is 4.88 Å². The predicted molar refractivity (Wildman–Crippen MR) is 89.2 cm³/mol. The second-order valence-corrected chi connectivity index (χ2v) is 7.17. The number of nitriles is 1. The third kappa shape index (κ3) is 2.55. The molecule has 3 amide bonds. The van der Waals surface area contributed by atoms with Crippen LogP contribution < -0.4 is 5.32 Å². The van der Waals surface area contributed by atoms with Crippen molar-refractivity contribution >= 4 is 23.3 Å². The molecular weight excluding hydrogens is 324 g/mol. The number of aromatic nitrogens is 1. The molecule has 0 saturated carbocycles. The number of amides is 3. The first-order valence-electron chi connectivity index (χ1n) is 7.43. The number of nitrogens with zero attached hydrogens (tertiary/aromatic N) is 3. The van der Waals surface area contributed by atoms with Crippen molar-refractivity contribution in [3.63, 3.8) is 0 Å². The van der Waals surface area contributed by atoms with Crippen LogP contribution in [0.2, 0.25) is 0 Å². The van der Waals surface area contributed by atoms with Crippen LogP contribution in [-0.2, 0) is 16.9 Å². The maximum atomic E-state index is 12.9. The fraction of sp³-hybridized carbons (Fsp3) is 0.294. The molecule has 0 unspecified atom stereocenters. The third-order valence-electron chi connectivity index (χ3n) is 4.15. The largest absolute Gasteiger partial charge is 0.325 e. The Balaban J connectivity index is 1.93. The molecule has 3 rings (SSSR count). The molecule has 1 aromatic carbocycles. The molecule has 7 heteroatoms. The number of carbonyl (C=O) groups is 2. The highest BCUT2D eigenvalue weighted by molar-refractivity contribution is 7.11. The molecule has 1 saturated heterocycles.